The number of aromatic nitrogens is 2. The van der Waals surface area contributed by atoms with Crippen LogP contribution in [-0.4, -0.2) is 18.0 Å². The molecule has 1 aliphatic rings. The zero-order valence-electron chi connectivity index (χ0n) is 10.8. The molecule has 1 heterocycles. The molecule has 0 aromatic carbocycles. The molecule has 0 saturated heterocycles. The van der Waals surface area contributed by atoms with Crippen molar-refractivity contribution in [3.05, 3.63) is 12.0 Å². The summed E-state index contributed by atoms with van der Waals surface area (Å²) >= 11 is 0. The summed E-state index contributed by atoms with van der Waals surface area (Å²) in [5.74, 6) is 1.45. The van der Waals surface area contributed by atoms with Gasteiger partial charge in [-0.1, -0.05) is 26.2 Å². The Morgan fingerprint density at radius 2 is 2.06 bits per heavy atom. The third-order valence-corrected chi connectivity index (χ3v) is 4.40. The Balaban J connectivity index is 2.18. The number of imidazole rings is 1. The van der Waals surface area contributed by atoms with Crippen molar-refractivity contribution < 1.29 is 8.42 Å². The van der Waals surface area contributed by atoms with Gasteiger partial charge in [0.1, 0.15) is 5.82 Å². The van der Waals surface area contributed by atoms with E-state index in [-0.39, 0.29) is 5.03 Å². The van der Waals surface area contributed by atoms with Crippen LogP contribution in [0.4, 0.5) is 0 Å². The van der Waals surface area contributed by atoms with E-state index in [0.717, 1.165) is 18.8 Å². The molecular weight excluding hydrogens is 250 g/mol. The highest BCUT2D eigenvalue weighted by Gasteiger charge is 2.19. The predicted octanol–water partition coefficient (Wildman–Crippen LogP) is 1.67. The summed E-state index contributed by atoms with van der Waals surface area (Å²) in [6.45, 7) is 2.85. The number of aryl methyl sites for hydroxylation is 1. The fourth-order valence-corrected chi connectivity index (χ4v) is 3.16. The van der Waals surface area contributed by atoms with Crippen molar-refractivity contribution in [3.8, 4) is 0 Å². The van der Waals surface area contributed by atoms with E-state index in [9.17, 15) is 8.42 Å². The van der Waals surface area contributed by atoms with Gasteiger partial charge in [-0.05, 0) is 18.8 Å². The number of nitrogens with two attached hydrogens (primary N) is 1. The fourth-order valence-electron chi connectivity index (χ4n) is 2.65. The van der Waals surface area contributed by atoms with Crippen LogP contribution < -0.4 is 5.14 Å². The Hall–Kier alpha value is -0.880. The van der Waals surface area contributed by atoms with Crippen molar-refractivity contribution in [3.63, 3.8) is 0 Å². The van der Waals surface area contributed by atoms with Crippen LogP contribution in [0.15, 0.2) is 11.2 Å². The lowest BCUT2D eigenvalue weighted by Crippen LogP contribution is -2.15. The van der Waals surface area contributed by atoms with Crippen LogP contribution in [0.1, 0.15) is 44.9 Å². The Labute approximate surface area is 108 Å². The van der Waals surface area contributed by atoms with Gasteiger partial charge >= 0.3 is 0 Å². The molecule has 5 nitrogen and oxygen atoms in total. The largest absolute Gasteiger partial charge is 0.333 e. The first-order valence-corrected chi connectivity index (χ1v) is 8.14. The maximum absolute atomic E-state index is 11.3. The van der Waals surface area contributed by atoms with Crippen molar-refractivity contribution >= 4 is 10.0 Å². The van der Waals surface area contributed by atoms with Gasteiger partial charge in [0.05, 0.1) is 0 Å². The Kier molecular flexibility index (Phi) is 4.07. The van der Waals surface area contributed by atoms with Gasteiger partial charge in [-0.3, -0.25) is 0 Å². The molecule has 2 N–H and O–H groups in total. The third kappa shape index (κ3) is 3.11. The quantitative estimate of drug-likeness (QED) is 0.904. The number of nitrogens with zero attached hydrogens (tertiary/aromatic N) is 2. The van der Waals surface area contributed by atoms with Crippen LogP contribution >= 0.6 is 0 Å². The van der Waals surface area contributed by atoms with E-state index < -0.39 is 10.0 Å². The van der Waals surface area contributed by atoms with Gasteiger partial charge in [0.2, 0.25) is 0 Å². The molecule has 1 aliphatic carbocycles. The number of sulfonamides is 1. The minimum atomic E-state index is -3.69. The molecule has 2 rings (SSSR count). The maximum atomic E-state index is 11.3. The number of hydrogen-bond donors (Lipinski definition) is 1. The second kappa shape index (κ2) is 5.40. The molecule has 6 heteroatoms. The maximum Gasteiger partial charge on any atom is 0.257 e. The van der Waals surface area contributed by atoms with Crippen LogP contribution in [0, 0.1) is 5.92 Å². The fraction of sp³-hybridized carbons (Fsp3) is 0.750. The van der Waals surface area contributed by atoms with E-state index >= 15 is 0 Å². The minimum Gasteiger partial charge on any atom is -0.333 e. The standard InChI is InChI=1S/C12H21N3O2S/c1-2-11-14-12(18(13,16)17)9-15(11)8-10-6-4-3-5-7-10/h9-10H,2-8H2,1H3,(H2,13,16,17). The summed E-state index contributed by atoms with van der Waals surface area (Å²) in [6.07, 6.45) is 8.65. The first-order chi connectivity index (χ1) is 8.50. The topological polar surface area (TPSA) is 78.0 Å². The Morgan fingerprint density at radius 3 is 2.61 bits per heavy atom. The Bertz CT molecular complexity index is 501. The van der Waals surface area contributed by atoms with Crippen LogP contribution in [0.3, 0.4) is 0 Å². The van der Waals surface area contributed by atoms with Gasteiger partial charge in [-0.2, -0.15) is 0 Å². The van der Waals surface area contributed by atoms with E-state index in [2.05, 4.69) is 4.98 Å². The molecule has 0 atom stereocenters. The molecular formula is C12H21N3O2S. The van der Waals surface area contributed by atoms with Crippen LogP contribution in [0.5, 0.6) is 0 Å². The number of rotatable bonds is 4. The van der Waals surface area contributed by atoms with E-state index in [0.29, 0.717) is 5.92 Å². The molecule has 1 aromatic rings. The van der Waals surface area contributed by atoms with Gasteiger partial charge < -0.3 is 4.57 Å². The highest BCUT2D eigenvalue weighted by Crippen LogP contribution is 2.25. The highest BCUT2D eigenvalue weighted by atomic mass is 32.2. The minimum absolute atomic E-state index is 0.00448. The molecule has 18 heavy (non-hydrogen) atoms. The molecule has 0 amide bonds. The van der Waals surface area contributed by atoms with Crippen molar-refractivity contribution in [2.45, 2.75) is 57.0 Å². The van der Waals surface area contributed by atoms with E-state index in [1.54, 1.807) is 6.20 Å². The van der Waals surface area contributed by atoms with Gasteiger partial charge in [-0.25, -0.2) is 18.5 Å². The summed E-state index contributed by atoms with van der Waals surface area (Å²) in [6, 6.07) is 0. The molecule has 1 aromatic heterocycles. The second-order valence-corrected chi connectivity index (χ2v) is 6.56. The predicted molar refractivity (Wildman–Crippen MR) is 69.6 cm³/mol. The molecule has 0 aliphatic heterocycles. The molecule has 1 saturated carbocycles. The molecule has 0 bridgehead atoms. The van der Waals surface area contributed by atoms with Crippen LogP contribution in [0.2, 0.25) is 0 Å². The van der Waals surface area contributed by atoms with Crippen LogP contribution in [0.25, 0.3) is 0 Å². The molecule has 0 spiro atoms. The van der Waals surface area contributed by atoms with E-state index in [1.807, 2.05) is 11.5 Å². The molecule has 102 valence electrons. The average Bonchev–Trinajstić information content (AvgIpc) is 2.73. The smallest absolute Gasteiger partial charge is 0.257 e. The molecule has 0 unspecified atom stereocenters. The van der Waals surface area contributed by atoms with Gasteiger partial charge in [0.25, 0.3) is 10.0 Å². The number of primary sulfonamides is 1. The van der Waals surface area contributed by atoms with Crippen molar-refractivity contribution in [2.24, 2.45) is 11.1 Å². The van der Waals surface area contributed by atoms with Gasteiger partial charge in [0, 0.05) is 19.2 Å². The normalized spacial score (nSPS) is 18.1. The van der Waals surface area contributed by atoms with Crippen molar-refractivity contribution in [1.82, 2.24) is 9.55 Å². The number of hydrogen-bond acceptors (Lipinski definition) is 3. The van der Waals surface area contributed by atoms with E-state index in [1.165, 1.54) is 32.1 Å². The van der Waals surface area contributed by atoms with Crippen LogP contribution in [-0.2, 0) is 23.0 Å². The summed E-state index contributed by atoms with van der Waals surface area (Å²) < 4.78 is 24.6. The first-order valence-electron chi connectivity index (χ1n) is 6.59. The highest BCUT2D eigenvalue weighted by molar-refractivity contribution is 7.89. The summed E-state index contributed by atoms with van der Waals surface area (Å²) in [7, 11) is -3.69. The lowest BCUT2D eigenvalue weighted by molar-refractivity contribution is 0.316. The zero-order valence-corrected chi connectivity index (χ0v) is 11.6. The summed E-state index contributed by atoms with van der Waals surface area (Å²) in [4.78, 5) is 4.12. The summed E-state index contributed by atoms with van der Waals surface area (Å²) in [5, 5.41) is 5.12. The zero-order chi connectivity index (χ0) is 13.2. The lowest BCUT2D eigenvalue weighted by Gasteiger charge is -2.22. The average molecular weight is 271 g/mol. The lowest BCUT2D eigenvalue weighted by atomic mass is 9.89. The third-order valence-electron chi connectivity index (χ3n) is 3.62. The summed E-state index contributed by atoms with van der Waals surface area (Å²) in [5.41, 5.74) is 0. The molecule has 0 radical (unpaired) electrons. The van der Waals surface area contributed by atoms with Gasteiger partial charge in [0.15, 0.2) is 5.03 Å². The van der Waals surface area contributed by atoms with E-state index in [4.69, 9.17) is 5.14 Å². The SMILES string of the molecule is CCc1nc(S(N)(=O)=O)cn1CC1CCCCC1. The monoisotopic (exact) mass is 271 g/mol. The van der Waals surface area contributed by atoms with Crippen molar-refractivity contribution in [2.75, 3.05) is 0 Å². The molecule has 1 fully saturated rings. The van der Waals surface area contributed by atoms with Crippen molar-refractivity contribution in [1.29, 1.82) is 0 Å². The first kappa shape index (κ1) is 13.5. The van der Waals surface area contributed by atoms with Gasteiger partial charge in [-0.15, -0.1) is 0 Å². The Morgan fingerprint density at radius 1 is 1.39 bits per heavy atom. The second-order valence-electron chi connectivity index (χ2n) is 5.05.